The Hall–Kier alpha value is -3.10. The van der Waals surface area contributed by atoms with E-state index in [1.165, 1.54) is 6.92 Å². The van der Waals surface area contributed by atoms with Crippen molar-refractivity contribution in [1.82, 2.24) is 16.0 Å². The molecule has 9 heteroatoms. The zero-order valence-electron chi connectivity index (χ0n) is 12.5. The Kier molecular flexibility index (Phi) is 7.05. The Morgan fingerprint density at radius 3 is 2.30 bits per heavy atom. The van der Waals surface area contributed by atoms with Crippen molar-refractivity contribution in [1.29, 1.82) is 0 Å². The van der Waals surface area contributed by atoms with Crippen LogP contribution < -0.4 is 21.3 Å². The van der Waals surface area contributed by atoms with Gasteiger partial charge in [0.05, 0.1) is 6.54 Å². The monoisotopic (exact) mass is 322 g/mol. The molecule has 1 aromatic rings. The zero-order valence-corrected chi connectivity index (χ0v) is 12.5. The summed E-state index contributed by atoms with van der Waals surface area (Å²) in [7, 11) is 0. The molecule has 0 radical (unpaired) electrons. The van der Waals surface area contributed by atoms with E-state index < -0.39 is 36.4 Å². The summed E-state index contributed by atoms with van der Waals surface area (Å²) in [5.74, 6) is -2.39. The minimum absolute atomic E-state index is 0.377. The van der Waals surface area contributed by atoms with Crippen LogP contribution in [0.2, 0.25) is 0 Å². The molecule has 0 saturated heterocycles. The number of aliphatic carboxylic acids is 1. The largest absolute Gasteiger partial charge is 0.480 e. The second-order valence-corrected chi connectivity index (χ2v) is 4.57. The molecule has 5 N–H and O–H groups in total. The molecule has 1 atom stereocenters. The first-order valence-electron chi connectivity index (χ1n) is 6.77. The van der Waals surface area contributed by atoms with Crippen molar-refractivity contribution in [3.8, 4) is 0 Å². The highest BCUT2D eigenvalue weighted by Crippen LogP contribution is 2.04. The lowest BCUT2D eigenvalue weighted by Crippen LogP contribution is -2.48. The van der Waals surface area contributed by atoms with Crippen molar-refractivity contribution in [3.63, 3.8) is 0 Å². The molecule has 0 bridgehead atoms. The third-order valence-electron chi connectivity index (χ3n) is 2.63. The van der Waals surface area contributed by atoms with Crippen molar-refractivity contribution in [2.75, 3.05) is 18.4 Å². The number of benzene rings is 1. The molecule has 0 unspecified atom stereocenters. The number of urea groups is 1. The molecule has 0 spiro atoms. The van der Waals surface area contributed by atoms with Crippen LogP contribution in [0.25, 0.3) is 0 Å². The highest BCUT2D eigenvalue weighted by Gasteiger charge is 2.16. The molecule has 0 heterocycles. The lowest BCUT2D eigenvalue weighted by Gasteiger charge is -2.14. The SMILES string of the molecule is C[C@@H](NC(=O)Nc1ccccc1)C(=O)NCC(=O)NCC(=O)O. The summed E-state index contributed by atoms with van der Waals surface area (Å²) in [5.41, 5.74) is 0.575. The molecule has 0 fully saturated rings. The standard InChI is InChI=1S/C14H18N4O5/c1-9(13(22)16-7-11(19)15-8-12(20)21)17-14(23)18-10-5-3-2-4-6-10/h2-6,9H,7-8H2,1H3,(H,15,19)(H,16,22)(H,20,21)(H2,17,18,23)/t9-/m1/s1. The molecule has 9 nitrogen and oxygen atoms in total. The maximum Gasteiger partial charge on any atom is 0.322 e. The fourth-order valence-corrected chi connectivity index (χ4v) is 1.51. The molecule has 0 saturated carbocycles. The van der Waals surface area contributed by atoms with Crippen LogP contribution in [-0.2, 0) is 14.4 Å². The van der Waals surface area contributed by atoms with Gasteiger partial charge >= 0.3 is 12.0 Å². The molecular formula is C14H18N4O5. The van der Waals surface area contributed by atoms with Gasteiger partial charge in [0, 0.05) is 5.69 Å². The Balaban J connectivity index is 2.31. The van der Waals surface area contributed by atoms with E-state index in [2.05, 4.69) is 21.3 Å². The quantitative estimate of drug-likeness (QED) is 0.461. The van der Waals surface area contributed by atoms with Gasteiger partial charge in [-0.25, -0.2) is 4.79 Å². The zero-order chi connectivity index (χ0) is 17.2. The number of rotatable bonds is 7. The van der Waals surface area contributed by atoms with Crippen LogP contribution in [0, 0.1) is 0 Å². The van der Waals surface area contributed by atoms with Gasteiger partial charge in [-0.3, -0.25) is 14.4 Å². The highest BCUT2D eigenvalue weighted by atomic mass is 16.4. The van der Waals surface area contributed by atoms with Crippen molar-refractivity contribution in [2.45, 2.75) is 13.0 Å². The second kappa shape index (κ2) is 9.03. The van der Waals surface area contributed by atoms with Crippen LogP contribution in [0.1, 0.15) is 6.92 Å². The van der Waals surface area contributed by atoms with Crippen LogP contribution in [0.15, 0.2) is 30.3 Å². The molecule has 1 rings (SSSR count). The van der Waals surface area contributed by atoms with Gasteiger partial charge < -0.3 is 26.4 Å². The number of hydrogen-bond acceptors (Lipinski definition) is 4. The summed E-state index contributed by atoms with van der Waals surface area (Å²) in [4.78, 5) is 44.9. The molecular weight excluding hydrogens is 304 g/mol. The van der Waals surface area contributed by atoms with Gasteiger partial charge in [0.15, 0.2) is 0 Å². The van der Waals surface area contributed by atoms with E-state index in [1.54, 1.807) is 30.3 Å². The average molecular weight is 322 g/mol. The number of carboxylic acids is 1. The number of carboxylic acid groups (broad SMARTS) is 1. The van der Waals surface area contributed by atoms with E-state index in [0.29, 0.717) is 5.69 Å². The average Bonchev–Trinajstić information content (AvgIpc) is 2.51. The summed E-state index contributed by atoms with van der Waals surface area (Å²) in [6.07, 6.45) is 0. The molecule has 0 aliphatic rings. The van der Waals surface area contributed by atoms with Gasteiger partial charge in [0.25, 0.3) is 0 Å². The number of nitrogens with one attached hydrogen (secondary N) is 4. The fourth-order valence-electron chi connectivity index (χ4n) is 1.51. The minimum Gasteiger partial charge on any atom is -0.480 e. The first-order chi connectivity index (χ1) is 10.9. The van der Waals surface area contributed by atoms with Gasteiger partial charge in [-0.1, -0.05) is 18.2 Å². The predicted octanol–water partition coefficient (Wildman–Crippen LogP) is -0.486. The van der Waals surface area contributed by atoms with Gasteiger partial charge in [-0.15, -0.1) is 0 Å². The van der Waals surface area contributed by atoms with Crippen molar-refractivity contribution >= 4 is 29.5 Å². The van der Waals surface area contributed by atoms with Crippen LogP contribution >= 0.6 is 0 Å². The van der Waals surface area contributed by atoms with Gasteiger partial charge in [0.2, 0.25) is 11.8 Å². The van der Waals surface area contributed by atoms with Crippen molar-refractivity contribution in [2.24, 2.45) is 0 Å². The lowest BCUT2D eigenvalue weighted by atomic mass is 10.3. The van der Waals surface area contributed by atoms with Gasteiger partial charge in [-0.2, -0.15) is 0 Å². The van der Waals surface area contributed by atoms with E-state index >= 15 is 0 Å². The molecule has 23 heavy (non-hydrogen) atoms. The van der Waals surface area contributed by atoms with E-state index in [1.807, 2.05) is 0 Å². The summed E-state index contributed by atoms with van der Waals surface area (Å²) < 4.78 is 0. The number of hydrogen-bond donors (Lipinski definition) is 5. The third-order valence-corrected chi connectivity index (χ3v) is 2.63. The smallest absolute Gasteiger partial charge is 0.322 e. The normalized spacial score (nSPS) is 11.0. The Labute approximate surface area is 132 Å². The molecule has 124 valence electrons. The maximum absolute atomic E-state index is 11.7. The van der Waals surface area contributed by atoms with E-state index in [-0.39, 0.29) is 6.54 Å². The summed E-state index contributed by atoms with van der Waals surface area (Å²) >= 11 is 0. The number of carbonyl (C=O) groups is 4. The summed E-state index contributed by atoms with van der Waals surface area (Å²) in [6, 6.07) is 7.26. The van der Waals surface area contributed by atoms with E-state index in [0.717, 1.165) is 0 Å². The minimum atomic E-state index is -1.18. The van der Waals surface area contributed by atoms with E-state index in [9.17, 15) is 19.2 Å². The maximum atomic E-state index is 11.7. The van der Waals surface area contributed by atoms with Crippen molar-refractivity contribution in [3.05, 3.63) is 30.3 Å². The summed E-state index contributed by atoms with van der Waals surface area (Å²) in [6.45, 7) is 0.551. The Morgan fingerprint density at radius 1 is 1.04 bits per heavy atom. The van der Waals surface area contributed by atoms with Crippen LogP contribution in [0.4, 0.5) is 10.5 Å². The number of carbonyl (C=O) groups excluding carboxylic acids is 3. The molecule has 0 aliphatic heterocycles. The van der Waals surface area contributed by atoms with Crippen LogP contribution in [0.3, 0.4) is 0 Å². The van der Waals surface area contributed by atoms with Crippen LogP contribution in [-0.4, -0.2) is 48.1 Å². The lowest BCUT2D eigenvalue weighted by molar-refractivity contribution is -0.137. The Bertz CT molecular complexity index is 576. The second-order valence-electron chi connectivity index (χ2n) is 4.57. The summed E-state index contributed by atoms with van der Waals surface area (Å²) in [5, 5.41) is 17.7. The van der Waals surface area contributed by atoms with Gasteiger partial charge in [0.1, 0.15) is 12.6 Å². The highest BCUT2D eigenvalue weighted by molar-refractivity contribution is 5.94. The molecule has 0 aromatic heterocycles. The Morgan fingerprint density at radius 2 is 1.70 bits per heavy atom. The molecule has 1 aromatic carbocycles. The predicted molar refractivity (Wildman–Crippen MR) is 81.7 cm³/mol. The van der Waals surface area contributed by atoms with Crippen LogP contribution in [0.5, 0.6) is 0 Å². The third kappa shape index (κ3) is 7.46. The first-order valence-corrected chi connectivity index (χ1v) is 6.77. The van der Waals surface area contributed by atoms with E-state index in [4.69, 9.17) is 5.11 Å². The molecule has 4 amide bonds. The van der Waals surface area contributed by atoms with Crippen molar-refractivity contribution < 1.29 is 24.3 Å². The first kappa shape index (κ1) is 18.0. The molecule has 0 aliphatic carbocycles. The van der Waals surface area contributed by atoms with Gasteiger partial charge in [-0.05, 0) is 19.1 Å². The topological polar surface area (TPSA) is 137 Å². The fraction of sp³-hybridized carbons (Fsp3) is 0.286. The number of para-hydroxylation sites is 1. The number of anilines is 1. The number of amides is 4.